The zero-order chi connectivity index (χ0) is 13.0. The zero-order valence-corrected chi connectivity index (χ0v) is 10.5. The third kappa shape index (κ3) is 0.976. The van der Waals surface area contributed by atoms with Gasteiger partial charge in [-0.05, 0) is 12.5 Å². The van der Waals surface area contributed by atoms with Crippen molar-refractivity contribution in [3.63, 3.8) is 0 Å². The molecule has 0 atom stereocenters. The van der Waals surface area contributed by atoms with Crippen LogP contribution in [0, 0.1) is 0 Å². The number of fused-ring (bicyclic) bond motifs is 6. The van der Waals surface area contributed by atoms with Gasteiger partial charge in [-0.3, -0.25) is 0 Å². The molecule has 98 valence electrons. The molecular formula is C15H8O5. The van der Waals surface area contributed by atoms with Crippen LogP contribution in [0.25, 0.3) is 55.8 Å². The Labute approximate surface area is 111 Å². The van der Waals surface area contributed by atoms with Crippen LogP contribution in [0.3, 0.4) is 0 Å². The molecule has 6 rings (SSSR count). The minimum absolute atomic E-state index is 0.645. The highest BCUT2D eigenvalue weighted by Crippen LogP contribution is 2.56. The number of hydrogen-bond acceptors (Lipinski definition) is 5. The Kier molecular flexibility index (Phi) is 1.24. The Bertz CT molecular complexity index is 1130. The molecule has 0 radical (unpaired) electrons. The van der Waals surface area contributed by atoms with E-state index in [1.807, 2.05) is 6.07 Å². The normalized spacial score (nSPS) is 13.7. The summed E-state index contributed by atoms with van der Waals surface area (Å²) < 4.78 is 27.8. The fourth-order valence-corrected chi connectivity index (χ4v) is 2.69. The highest BCUT2D eigenvalue weighted by atomic mass is 16.5. The van der Waals surface area contributed by atoms with E-state index in [0.29, 0.717) is 6.61 Å². The van der Waals surface area contributed by atoms with Crippen molar-refractivity contribution in [2.75, 3.05) is 6.61 Å². The van der Waals surface area contributed by atoms with Crippen LogP contribution in [0.4, 0.5) is 0 Å². The molecule has 0 bridgehead atoms. The highest BCUT2D eigenvalue weighted by molar-refractivity contribution is 6.21. The summed E-state index contributed by atoms with van der Waals surface area (Å²) in [5.41, 5.74) is 8.63. The third-order valence-electron chi connectivity index (χ3n) is 3.81. The van der Waals surface area contributed by atoms with Crippen molar-refractivity contribution in [2.45, 2.75) is 13.3 Å². The van der Waals surface area contributed by atoms with Crippen molar-refractivity contribution < 1.29 is 22.4 Å². The fourth-order valence-electron chi connectivity index (χ4n) is 2.69. The Morgan fingerprint density at radius 3 is 2.50 bits per heavy atom. The second kappa shape index (κ2) is 2.65. The second-order valence-electron chi connectivity index (χ2n) is 5.19. The predicted molar refractivity (Wildman–Crippen MR) is 71.5 cm³/mol. The van der Waals surface area contributed by atoms with Crippen LogP contribution in [0.2, 0.25) is 0 Å². The molecule has 0 spiro atoms. The molecule has 0 aliphatic rings. The van der Waals surface area contributed by atoms with E-state index in [4.69, 9.17) is 22.4 Å². The summed E-state index contributed by atoms with van der Waals surface area (Å²) in [7, 11) is 0. The summed E-state index contributed by atoms with van der Waals surface area (Å²) in [5, 5.41) is 0. The second-order valence-corrected chi connectivity index (χ2v) is 5.19. The van der Waals surface area contributed by atoms with Crippen LogP contribution in [0.5, 0.6) is 5.75 Å². The van der Waals surface area contributed by atoms with E-state index in [2.05, 4.69) is 6.92 Å². The number of rotatable bonds is 4. The minimum atomic E-state index is 0.645. The van der Waals surface area contributed by atoms with Gasteiger partial charge in [-0.2, -0.15) is 0 Å². The maximum absolute atomic E-state index is 5.87. The molecule has 0 fully saturated rings. The van der Waals surface area contributed by atoms with E-state index in [1.165, 1.54) is 0 Å². The van der Waals surface area contributed by atoms with Crippen LogP contribution in [0.15, 0.2) is 23.7 Å². The van der Waals surface area contributed by atoms with E-state index >= 15 is 0 Å². The molecule has 0 aliphatic heterocycles. The molecule has 0 amide bonds. The van der Waals surface area contributed by atoms with Crippen molar-refractivity contribution >= 4 is 44.7 Å². The molecule has 4 aromatic heterocycles. The molecule has 20 heavy (non-hydrogen) atoms. The molecule has 0 N–H and O–H groups in total. The van der Waals surface area contributed by atoms with Gasteiger partial charge in [0.15, 0.2) is 22.5 Å². The number of ether oxygens (including phenoxy) is 1. The molecule has 0 aliphatic carbocycles. The van der Waals surface area contributed by atoms with Crippen molar-refractivity contribution in [3.8, 4) is 16.9 Å². The van der Waals surface area contributed by atoms with Gasteiger partial charge in [-0.15, -0.1) is 0 Å². The van der Waals surface area contributed by atoms with Gasteiger partial charge < -0.3 is 22.4 Å². The first-order valence-electron chi connectivity index (χ1n) is 6.66. The smallest absolute Gasteiger partial charge is 0.220 e. The summed E-state index contributed by atoms with van der Waals surface area (Å²) in [5.74, 6) is 0.761. The summed E-state index contributed by atoms with van der Waals surface area (Å²) in [6.45, 7) is 2.72. The Morgan fingerprint density at radius 2 is 1.60 bits per heavy atom. The first-order valence-corrected chi connectivity index (χ1v) is 6.66. The predicted octanol–water partition coefficient (Wildman–Crippen LogP) is 4.88. The quantitative estimate of drug-likeness (QED) is 0.456. The summed E-state index contributed by atoms with van der Waals surface area (Å²) >= 11 is 0. The average Bonchev–Trinajstić information content (AvgIpc) is 3.30. The van der Waals surface area contributed by atoms with E-state index in [9.17, 15) is 0 Å². The SMILES string of the molecule is CCCOc1c(-c2cc3oc3c3oc23)c2oc2c2oc12. The van der Waals surface area contributed by atoms with Gasteiger partial charge in [-0.1, -0.05) is 6.92 Å². The van der Waals surface area contributed by atoms with E-state index in [0.717, 1.165) is 68.0 Å². The Balaban J connectivity index is 1.66. The fraction of sp³-hybridized carbons (Fsp3) is 0.200. The Hall–Kier alpha value is -2.56. The van der Waals surface area contributed by atoms with Gasteiger partial charge >= 0.3 is 0 Å². The number of benzene rings is 2. The summed E-state index contributed by atoms with van der Waals surface area (Å²) in [6.07, 6.45) is 0.939. The summed E-state index contributed by atoms with van der Waals surface area (Å²) in [6, 6.07) is 1.98. The van der Waals surface area contributed by atoms with Crippen molar-refractivity contribution in [1.29, 1.82) is 0 Å². The summed E-state index contributed by atoms with van der Waals surface area (Å²) in [4.78, 5) is 0. The Morgan fingerprint density at radius 1 is 0.850 bits per heavy atom. The lowest BCUT2D eigenvalue weighted by molar-refractivity contribution is 0.321. The maximum Gasteiger partial charge on any atom is 0.220 e. The van der Waals surface area contributed by atoms with E-state index in [-0.39, 0.29) is 0 Å². The van der Waals surface area contributed by atoms with Gasteiger partial charge in [0.25, 0.3) is 0 Å². The monoisotopic (exact) mass is 268 g/mol. The third-order valence-corrected chi connectivity index (χ3v) is 3.81. The van der Waals surface area contributed by atoms with E-state index < -0.39 is 0 Å². The highest BCUT2D eigenvalue weighted by Gasteiger charge is 2.36. The molecule has 6 aromatic rings. The maximum atomic E-state index is 5.87. The lowest BCUT2D eigenvalue weighted by atomic mass is 10.0. The zero-order valence-electron chi connectivity index (χ0n) is 10.5. The molecule has 5 nitrogen and oxygen atoms in total. The molecule has 2 aromatic carbocycles. The minimum Gasteiger partial charge on any atom is -0.489 e. The molecule has 5 heteroatoms. The van der Waals surface area contributed by atoms with Gasteiger partial charge in [-0.25, -0.2) is 0 Å². The van der Waals surface area contributed by atoms with Crippen LogP contribution in [-0.2, 0) is 0 Å². The van der Waals surface area contributed by atoms with Crippen LogP contribution >= 0.6 is 0 Å². The van der Waals surface area contributed by atoms with Crippen molar-refractivity contribution in [2.24, 2.45) is 0 Å². The number of hydrogen-bond donors (Lipinski definition) is 0. The standard InChI is InChI=1S/C15H8O5/c1-2-3-16-10-7(11-14(19-11)15-13(10)20-15)5-4-6-9(17-6)12-8(5)18-12/h4H,2-3H2,1H3. The largest absolute Gasteiger partial charge is 0.489 e. The van der Waals surface area contributed by atoms with Crippen LogP contribution in [-0.4, -0.2) is 6.61 Å². The van der Waals surface area contributed by atoms with Crippen molar-refractivity contribution in [3.05, 3.63) is 6.07 Å². The lowest BCUT2D eigenvalue weighted by Gasteiger charge is -2.05. The van der Waals surface area contributed by atoms with Gasteiger partial charge in [0, 0.05) is 5.56 Å². The molecular weight excluding hydrogens is 260 g/mol. The van der Waals surface area contributed by atoms with Crippen LogP contribution in [0.1, 0.15) is 13.3 Å². The lowest BCUT2D eigenvalue weighted by Crippen LogP contribution is -1.95. The molecule has 4 heterocycles. The van der Waals surface area contributed by atoms with Gasteiger partial charge in [0.1, 0.15) is 0 Å². The van der Waals surface area contributed by atoms with Gasteiger partial charge in [0.05, 0.1) is 12.2 Å². The van der Waals surface area contributed by atoms with Crippen molar-refractivity contribution in [1.82, 2.24) is 0 Å². The van der Waals surface area contributed by atoms with Crippen LogP contribution < -0.4 is 4.74 Å². The topological polar surface area (TPSA) is 61.8 Å². The first-order chi connectivity index (χ1) is 9.86. The van der Waals surface area contributed by atoms with Gasteiger partial charge in [0.2, 0.25) is 27.9 Å². The molecule has 0 saturated carbocycles. The molecule has 0 unspecified atom stereocenters. The first kappa shape index (κ1) is 9.36. The molecule has 0 saturated heterocycles. The average molecular weight is 268 g/mol. The van der Waals surface area contributed by atoms with E-state index in [1.54, 1.807) is 0 Å².